The molecule has 0 amide bonds. The number of hydrogen-bond acceptors (Lipinski definition) is 8. The van der Waals surface area contributed by atoms with E-state index in [2.05, 4.69) is 0 Å². The number of rotatable bonds is 5. The number of carbonyl (C=O) groups excluding carboxylic acids is 3. The molecule has 0 fully saturated rings. The minimum Gasteiger partial charge on any atom is -0.496 e. The average Bonchev–Trinajstić information content (AvgIpc) is 2.66. The molecule has 0 aromatic heterocycles. The van der Waals surface area contributed by atoms with Crippen molar-refractivity contribution in [1.82, 2.24) is 0 Å². The van der Waals surface area contributed by atoms with Crippen molar-refractivity contribution in [2.75, 3.05) is 7.11 Å². The Labute approximate surface area is 173 Å². The van der Waals surface area contributed by atoms with Crippen molar-refractivity contribution >= 4 is 17.9 Å². The Hall–Kier alpha value is -3.55. The number of fused-ring (bicyclic) bond motifs is 1. The van der Waals surface area contributed by atoms with Crippen molar-refractivity contribution < 1.29 is 38.1 Å². The second kappa shape index (κ2) is 8.86. The zero-order chi connectivity index (χ0) is 21.8. The van der Waals surface area contributed by atoms with E-state index in [0.29, 0.717) is 29.2 Å². The minimum atomic E-state index is -0.620. The molecule has 1 aliphatic heterocycles. The Bertz CT molecular complexity index is 964. The van der Waals surface area contributed by atoms with Gasteiger partial charge in [-0.3, -0.25) is 14.4 Å². The summed E-state index contributed by atoms with van der Waals surface area (Å²) in [5.74, 6) is 0.270. The molecule has 0 N–H and O–H groups in total. The van der Waals surface area contributed by atoms with Crippen LogP contribution >= 0.6 is 0 Å². The molecule has 30 heavy (non-hydrogen) atoms. The normalized spacial score (nSPS) is 17.2. The molecule has 3 rings (SSSR count). The van der Waals surface area contributed by atoms with Gasteiger partial charge in [-0.15, -0.1) is 0 Å². The minimum absolute atomic E-state index is 0.285. The maximum absolute atomic E-state index is 11.7. The van der Waals surface area contributed by atoms with Crippen LogP contribution in [-0.4, -0.2) is 31.1 Å². The number of benzene rings is 2. The van der Waals surface area contributed by atoms with E-state index in [1.807, 2.05) is 0 Å². The lowest BCUT2D eigenvalue weighted by atomic mass is 9.93. The van der Waals surface area contributed by atoms with Crippen LogP contribution < -0.4 is 18.9 Å². The van der Waals surface area contributed by atoms with Crippen LogP contribution in [0.4, 0.5) is 0 Å². The summed E-state index contributed by atoms with van der Waals surface area (Å²) in [7, 11) is 1.49. The molecule has 1 aliphatic rings. The van der Waals surface area contributed by atoms with E-state index >= 15 is 0 Å². The van der Waals surface area contributed by atoms with Gasteiger partial charge in [0.15, 0.2) is 6.10 Å². The maximum atomic E-state index is 11.7. The van der Waals surface area contributed by atoms with Crippen LogP contribution in [0, 0.1) is 0 Å². The van der Waals surface area contributed by atoms with E-state index in [1.54, 1.807) is 36.4 Å². The first-order valence-electron chi connectivity index (χ1n) is 9.28. The molecule has 8 nitrogen and oxygen atoms in total. The molecule has 1 heterocycles. The predicted molar refractivity (Wildman–Crippen MR) is 105 cm³/mol. The van der Waals surface area contributed by atoms with Crippen LogP contribution in [0.2, 0.25) is 0 Å². The molecular weight excluding hydrogens is 392 g/mol. The summed E-state index contributed by atoms with van der Waals surface area (Å²) >= 11 is 0. The van der Waals surface area contributed by atoms with E-state index < -0.39 is 30.1 Å². The van der Waals surface area contributed by atoms with Gasteiger partial charge in [0, 0.05) is 44.9 Å². The van der Waals surface area contributed by atoms with Crippen LogP contribution in [0.3, 0.4) is 0 Å². The van der Waals surface area contributed by atoms with E-state index in [1.165, 1.54) is 27.9 Å². The highest BCUT2D eigenvalue weighted by Crippen LogP contribution is 2.43. The molecule has 0 unspecified atom stereocenters. The smallest absolute Gasteiger partial charge is 0.308 e. The Morgan fingerprint density at radius 3 is 2.10 bits per heavy atom. The van der Waals surface area contributed by atoms with Gasteiger partial charge in [-0.25, -0.2) is 0 Å². The van der Waals surface area contributed by atoms with Crippen LogP contribution in [-0.2, 0) is 25.5 Å². The molecule has 2 aromatic carbocycles. The number of carbonyl (C=O) groups is 3. The molecule has 0 saturated heterocycles. The van der Waals surface area contributed by atoms with Gasteiger partial charge in [-0.2, -0.15) is 0 Å². The van der Waals surface area contributed by atoms with Gasteiger partial charge in [-0.05, 0) is 17.7 Å². The van der Waals surface area contributed by atoms with Crippen LogP contribution in [0.15, 0.2) is 36.4 Å². The van der Waals surface area contributed by atoms with Gasteiger partial charge in [0.1, 0.15) is 29.1 Å². The lowest BCUT2D eigenvalue weighted by Gasteiger charge is -2.34. The number of methoxy groups -OCH3 is 1. The lowest BCUT2D eigenvalue weighted by molar-refractivity contribution is -0.152. The third-order valence-corrected chi connectivity index (χ3v) is 4.41. The Morgan fingerprint density at radius 2 is 1.53 bits per heavy atom. The van der Waals surface area contributed by atoms with Gasteiger partial charge >= 0.3 is 17.9 Å². The first kappa shape index (κ1) is 21.2. The number of hydrogen-bond donors (Lipinski definition) is 0. The molecule has 8 heteroatoms. The monoisotopic (exact) mass is 414 g/mol. The number of ether oxygens (including phenoxy) is 5. The largest absolute Gasteiger partial charge is 0.496 e. The topological polar surface area (TPSA) is 97.4 Å². The van der Waals surface area contributed by atoms with Gasteiger partial charge in [-0.1, -0.05) is 12.1 Å². The Kier molecular flexibility index (Phi) is 6.25. The lowest BCUT2D eigenvalue weighted by Crippen LogP contribution is -2.34. The van der Waals surface area contributed by atoms with Crippen LogP contribution in [0.5, 0.6) is 23.0 Å². The molecular formula is C22H22O8. The summed E-state index contributed by atoms with van der Waals surface area (Å²) in [6.07, 6.45) is -0.887. The second-order valence-electron chi connectivity index (χ2n) is 6.75. The molecule has 158 valence electrons. The summed E-state index contributed by atoms with van der Waals surface area (Å²) < 4.78 is 27.3. The van der Waals surface area contributed by atoms with Gasteiger partial charge in [0.25, 0.3) is 0 Å². The zero-order valence-corrected chi connectivity index (χ0v) is 17.1. The van der Waals surface area contributed by atoms with Gasteiger partial charge < -0.3 is 23.7 Å². The van der Waals surface area contributed by atoms with E-state index in [-0.39, 0.29) is 5.75 Å². The van der Waals surface area contributed by atoms with E-state index in [9.17, 15) is 14.4 Å². The maximum Gasteiger partial charge on any atom is 0.308 e. The predicted octanol–water partition coefficient (Wildman–Crippen LogP) is 3.15. The van der Waals surface area contributed by atoms with Crippen molar-refractivity contribution in [2.45, 2.75) is 39.4 Å². The van der Waals surface area contributed by atoms with Crippen molar-refractivity contribution in [3.63, 3.8) is 0 Å². The fraction of sp³-hybridized carbons (Fsp3) is 0.318. The SMILES string of the molecule is COc1cc(OC(C)=O)cc2c1C[C@H](OC(C)=O)[C@@H](c1ccc(OC(C)=O)cc1)O2. The van der Waals surface area contributed by atoms with Gasteiger partial charge in [0.05, 0.1) is 7.11 Å². The van der Waals surface area contributed by atoms with E-state index in [4.69, 9.17) is 23.7 Å². The molecule has 0 aliphatic carbocycles. The molecule has 0 bridgehead atoms. The summed E-state index contributed by atoms with van der Waals surface area (Å²) in [6, 6.07) is 9.92. The fourth-order valence-corrected chi connectivity index (χ4v) is 3.32. The quantitative estimate of drug-likeness (QED) is 0.544. The standard InChI is InChI=1S/C22H22O8/c1-12(23)27-16-7-5-15(6-8-16)22-21(29-14(3)25)11-18-19(26-4)9-17(28-13(2)24)10-20(18)30-22/h5-10,21-22H,11H2,1-4H3/t21-,22+/m0/s1. The highest BCUT2D eigenvalue weighted by atomic mass is 16.6. The van der Waals surface area contributed by atoms with Gasteiger partial charge in [0.2, 0.25) is 0 Å². The zero-order valence-electron chi connectivity index (χ0n) is 17.1. The summed E-state index contributed by atoms with van der Waals surface area (Å²) in [6.45, 7) is 3.95. The highest BCUT2D eigenvalue weighted by molar-refractivity contribution is 5.70. The first-order chi connectivity index (χ1) is 14.3. The summed E-state index contributed by atoms with van der Waals surface area (Å²) in [4.78, 5) is 34.2. The fourth-order valence-electron chi connectivity index (χ4n) is 3.32. The third kappa shape index (κ3) is 4.89. The second-order valence-corrected chi connectivity index (χ2v) is 6.75. The molecule has 2 atom stereocenters. The third-order valence-electron chi connectivity index (χ3n) is 4.41. The molecule has 2 aromatic rings. The van der Waals surface area contributed by atoms with E-state index in [0.717, 1.165) is 5.56 Å². The Morgan fingerprint density at radius 1 is 0.900 bits per heavy atom. The van der Waals surface area contributed by atoms with Crippen LogP contribution in [0.1, 0.15) is 38.0 Å². The van der Waals surface area contributed by atoms with Crippen molar-refractivity contribution in [2.24, 2.45) is 0 Å². The average molecular weight is 414 g/mol. The Balaban J connectivity index is 1.98. The van der Waals surface area contributed by atoms with Crippen molar-refractivity contribution in [3.8, 4) is 23.0 Å². The molecule has 0 radical (unpaired) electrons. The molecule has 0 spiro atoms. The summed E-state index contributed by atoms with van der Waals surface area (Å²) in [5, 5.41) is 0. The first-order valence-corrected chi connectivity index (χ1v) is 9.28. The van der Waals surface area contributed by atoms with Crippen molar-refractivity contribution in [1.29, 1.82) is 0 Å². The summed E-state index contributed by atoms with van der Waals surface area (Å²) in [5.41, 5.74) is 1.42. The van der Waals surface area contributed by atoms with Crippen molar-refractivity contribution in [3.05, 3.63) is 47.5 Å². The molecule has 0 saturated carbocycles. The van der Waals surface area contributed by atoms with Crippen LogP contribution in [0.25, 0.3) is 0 Å². The number of esters is 3. The highest BCUT2D eigenvalue weighted by Gasteiger charge is 2.36.